The number of anilines is 1. The predicted molar refractivity (Wildman–Crippen MR) is 99.1 cm³/mol. The second kappa shape index (κ2) is 9.11. The van der Waals surface area contributed by atoms with Gasteiger partial charge in [-0.25, -0.2) is 0 Å². The van der Waals surface area contributed by atoms with Crippen LogP contribution in [0.3, 0.4) is 0 Å². The van der Waals surface area contributed by atoms with Crippen molar-refractivity contribution in [3.8, 4) is 11.5 Å². The van der Waals surface area contributed by atoms with Crippen LogP contribution in [0.1, 0.15) is 38.5 Å². The average molecular weight is 339 g/mol. The van der Waals surface area contributed by atoms with Crippen molar-refractivity contribution in [2.24, 2.45) is 0 Å². The molecule has 0 aliphatic heterocycles. The third-order valence-electron chi connectivity index (χ3n) is 4.30. The van der Waals surface area contributed by atoms with E-state index < -0.39 is 0 Å². The number of nitrogens with one attached hydrogen (secondary N) is 1. The van der Waals surface area contributed by atoms with Gasteiger partial charge in [-0.05, 0) is 68.5 Å². The molecule has 1 aliphatic carbocycles. The van der Waals surface area contributed by atoms with Crippen LogP contribution in [0.15, 0.2) is 54.6 Å². The maximum Gasteiger partial charge on any atom is 0.224 e. The minimum Gasteiger partial charge on any atom is -0.494 e. The maximum atomic E-state index is 12.0. The van der Waals surface area contributed by atoms with Crippen LogP contribution in [-0.2, 0) is 4.79 Å². The van der Waals surface area contributed by atoms with E-state index in [1.165, 1.54) is 12.8 Å². The van der Waals surface area contributed by atoms with Crippen LogP contribution >= 0.6 is 0 Å². The SMILES string of the molecule is O=C(CCCOc1ccccc1)Nc1ccc(OC2CCCC2)cc1. The molecule has 0 radical (unpaired) electrons. The Hall–Kier alpha value is -2.49. The zero-order valence-corrected chi connectivity index (χ0v) is 14.4. The Labute approximate surface area is 149 Å². The highest BCUT2D eigenvalue weighted by atomic mass is 16.5. The topological polar surface area (TPSA) is 47.6 Å². The number of benzene rings is 2. The van der Waals surface area contributed by atoms with Crippen LogP contribution in [0.5, 0.6) is 11.5 Å². The average Bonchev–Trinajstić information content (AvgIpc) is 3.14. The molecule has 0 unspecified atom stereocenters. The van der Waals surface area contributed by atoms with Crippen LogP contribution in [0.2, 0.25) is 0 Å². The smallest absolute Gasteiger partial charge is 0.224 e. The highest BCUT2D eigenvalue weighted by Gasteiger charge is 2.16. The minimum atomic E-state index is 0.00104. The Morgan fingerprint density at radius 1 is 0.960 bits per heavy atom. The van der Waals surface area contributed by atoms with E-state index in [0.29, 0.717) is 25.6 Å². The Bertz CT molecular complexity index is 649. The third kappa shape index (κ3) is 5.82. The van der Waals surface area contributed by atoms with Crippen LogP contribution < -0.4 is 14.8 Å². The van der Waals surface area contributed by atoms with Gasteiger partial charge in [-0.15, -0.1) is 0 Å². The van der Waals surface area contributed by atoms with Gasteiger partial charge in [0.25, 0.3) is 0 Å². The van der Waals surface area contributed by atoms with Gasteiger partial charge in [0.05, 0.1) is 12.7 Å². The molecule has 132 valence electrons. The summed E-state index contributed by atoms with van der Waals surface area (Å²) in [4.78, 5) is 12.0. The van der Waals surface area contributed by atoms with Gasteiger partial charge in [-0.3, -0.25) is 4.79 Å². The summed E-state index contributed by atoms with van der Waals surface area (Å²) in [7, 11) is 0. The molecule has 1 N–H and O–H groups in total. The first-order chi connectivity index (χ1) is 12.3. The number of amides is 1. The van der Waals surface area contributed by atoms with Crippen molar-refractivity contribution in [1.82, 2.24) is 0 Å². The summed E-state index contributed by atoms with van der Waals surface area (Å²) in [5.41, 5.74) is 0.799. The van der Waals surface area contributed by atoms with E-state index in [1.54, 1.807) is 0 Å². The second-order valence-corrected chi connectivity index (χ2v) is 6.36. The summed E-state index contributed by atoms with van der Waals surface area (Å²) in [6, 6.07) is 17.3. The number of carbonyl (C=O) groups excluding carboxylic acids is 1. The Kier molecular flexibility index (Phi) is 6.32. The van der Waals surface area contributed by atoms with Gasteiger partial charge in [0.15, 0.2) is 0 Å². The van der Waals surface area contributed by atoms with Gasteiger partial charge >= 0.3 is 0 Å². The lowest BCUT2D eigenvalue weighted by molar-refractivity contribution is -0.116. The van der Waals surface area contributed by atoms with E-state index in [2.05, 4.69) is 5.32 Å². The van der Waals surface area contributed by atoms with Crippen molar-refractivity contribution >= 4 is 11.6 Å². The zero-order valence-electron chi connectivity index (χ0n) is 14.4. The molecule has 0 aromatic heterocycles. The van der Waals surface area contributed by atoms with E-state index in [0.717, 1.165) is 30.0 Å². The quantitative estimate of drug-likeness (QED) is 0.702. The number of carbonyl (C=O) groups is 1. The van der Waals surface area contributed by atoms with Crippen molar-refractivity contribution in [2.45, 2.75) is 44.6 Å². The van der Waals surface area contributed by atoms with E-state index in [-0.39, 0.29) is 5.91 Å². The lowest BCUT2D eigenvalue weighted by atomic mass is 10.2. The molecule has 0 bridgehead atoms. The predicted octanol–water partition coefficient (Wildman–Crippen LogP) is 4.81. The Balaban J connectivity index is 1.35. The lowest BCUT2D eigenvalue weighted by Gasteiger charge is -2.13. The van der Waals surface area contributed by atoms with Crippen molar-refractivity contribution in [2.75, 3.05) is 11.9 Å². The lowest BCUT2D eigenvalue weighted by Crippen LogP contribution is -2.13. The fourth-order valence-corrected chi connectivity index (χ4v) is 2.98. The number of hydrogen-bond acceptors (Lipinski definition) is 3. The highest BCUT2D eigenvalue weighted by Crippen LogP contribution is 2.25. The number of rotatable bonds is 8. The van der Waals surface area contributed by atoms with E-state index in [9.17, 15) is 4.79 Å². The summed E-state index contributed by atoms with van der Waals surface area (Å²) >= 11 is 0. The first kappa shape index (κ1) is 17.3. The van der Waals surface area contributed by atoms with Gasteiger partial charge in [-0.1, -0.05) is 18.2 Å². The molecule has 0 atom stereocenters. The van der Waals surface area contributed by atoms with Crippen molar-refractivity contribution in [1.29, 1.82) is 0 Å². The molecular formula is C21H25NO3. The molecule has 2 aromatic carbocycles. The molecule has 3 rings (SSSR count). The summed E-state index contributed by atoms with van der Waals surface area (Å²) in [6.45, 7) is 0.533. The third-order valence-corrected chi connectivity index (χ3v) is 4.30. The summed E-state index contributed by atoms with van der Waals surface area (Å²) in [5.74, 6) is 1.71. The van der Waals surface area contributed by atoms with E-state index >= 15 is 0 Å². The standard InChI is InChI=1S/C21H25NO3/c23-21(11-6-16-24-18-7-2-1-3-8-18)22-17-12-14-20(15-13-17)25-19-9-4-5-10-19/h1-3,7-8,12-15,19H,4-6,9-11,16H2,(H,22,23). The van der Waals surface area contributed by atoms with Crippen molar-refractivity contribution in [3.63, 3.8) is 0 Å². The molecule has 2 aromatic rings. The molecule has 1 aliphatic rings. The molecule has 1 amide bonds. The van der Waals surface area contributed by atoms with Crippen LogP contribution in [0.25, 0.3) is 0 Å². The molecule has 0 saturated heterocycles. The summed E-state index contributed by atoms with van der Waals surface area (Å²) < 4.78 is 11.5. The van der Waals surface area contributed by atoms with Crippen LogP contribution in [-0.4, -0.2) is 18.6 Å². The van der Waals surface area contributed by atoms with Crippen LogP contribution in [0, 0.1) is 0 Å². The van der Waals surface area contributed by atoms with Gasteiger partial charge in [-0.2, -0.15) is 0 Å². The van der Waals surface area contributed by atoms with Gasteiger partial charge in [0.1, 0.15) is 11.5 Å². The molecule has 4 heteroatoms. The molecule has 4 nitrogen and oxygen atoms in total. The van der Waals surface area contributed by atoms with Crippen molar-refractivity contribution < 1.29 is 14.3 Å². The molecule has 1 fully saturated rings. The Morgan fingerprint density at radius 2 is 1.68 bits per heavy atom. The first-order valence-corrected chi connectivity index (χ1v) is 9.04. The largest absolute Gasteiger partial charge is 0.494 e. The van der Waals surface area contributed by atoms with Gasteiger partial charge < -0.3 is 14.8 Å². The normalized spacial score (nSPS) is 14.2. The van der Waals surface area contributed by atoms with Crippen molar-refractivity contribution in [3.05, 3.63) is 54.6 Å². The second-order valence-electron chi connectivity index (χ2n) is 6.36. The first-order valence-electron chi connectivity index (χ1n) is 9.04. The maximum absolute atomic E-state index is 12.0. The van der Waals surface area contributed by atoms with E-state index in [1.807, 2.05) is 54.6 Å². The molecule has 25 heavy (non-hydrogen) atoms. The molecular weight excluding hydrogens is 314 g/mol. The summed E-state index contributed by atoms with van der Waals surface area (Å²) in [5, 5.41) is 2.91. The minimum absolute atomic E-state index is 0.00104. The fraction of sp³-hybridized carbons (Fsp3) is 0.381. The van der Waals surface area contributed by atoms with Gasteiger partial charge in [0, 0.05) is 12.1 Å². The zero-order chi connectivity index (χ0) is 17.3. The monoisotopic (exact) mass is 339 g/mol. The summed E-state index contributed by atoms with van der Waals surface area (Å²) in [6.07, 6.45) is 6.27. The highest BCUT2D eigenvalue weighted by molar-refractivity contribution is 5.90. The number of hydrogen-bond donors (Lipinski definition) is 1. The molecule has 0 spiro atoms. The molecule has 1 saturated carbocycles. The number of para-hydroxylation sites is 1. The fourth-order valence-electron chi connectivity index (χ4n) is 2.98. The molecule has 0 heterocycles. The van der Waals surface area contributed by atoms with Crippen LogP contribution in [0.4, 0.5) is 5.69 Å². The number of ether oxygens (including phenoxy) is 2. The van der Waals surface area contributed by atoms with E-state index in [4.69, 9.17) is 9.47 Å². The Morgan fingerprint density at radius 3 is 2.40 bits per heavy atom. The van der Waals surface area contributed by atoms with Gasteiger partial charge in [0.2, 0.25) is 5.91 Å².